The zero-order valence-corrected chi connectivity index (χ0v) is 14.5. The molecule has 1 fully saturated rings. The van der Waals surface area contributed by atoms with E-state index in [2.05, 4.69) is 29.4 Å². The van der Waals surface area contributed by atoms with Gasteiger partial charge in [0.05, 0.1) is 11.4 Å². The van der Waals surface area contributed by atoms with Crippen LogP contribution in [0.5, 0.6) is 0 Å². The molecule has 1 aromatic carbocycles. The first kappa shape index (κ1) is 16.9. The molecule has 1 aliphatic rings. The van der Waals surface area contributed by atoms with Gasteiger partial charge in [0.25, 0.3) is 0 Å². The van der Waals surface area contributed by atoms with E-state index in [9.17, 15) is 9.18 Å². The second kappa shape index (κ2) is 7.29. The molecular weight excluding hydrogens is 329 g/mol. The van der Waals surface area contributed by atoms with Crippen LogP contribution in [0.3, 0.4) is 0 Å². The van der Waals surface area contributed by atoms with Crippen LogP contribution >= 0.6 is 11.8 Å². The highest BCUT2D eigenvalue weighted by molar-refractivity contribution is 7.99. The molecule has 0 aliphatic carbocycles. The van der Waals surface area contributed by atoms with Gasteiger partial charge >= 0.3 is 0 Å². The summed E-state index contributed by atoms with van der Waals surface area (Å²) in [6.07, 6.45) is 3.25. The van der Waals surface area contributed by atoms with Crippen LogP contribution in [-0.4, -0.2) is 48.9 Å². The van der Waals surface area contributed by atoms with E-state index in [-0.39, 0.29) is 29.6 Å². The Bertz CT molecular complexity index is 712. The molecule has 1 aromatic heterocycles. The van der Waals surface area contributed by atoms with Crippen LogP contribution in [0.15, 0.2) is 29.4 Å². The molecule has 24 heavy (non-hydrogen) atoms. The van der Waals surface area contributed by atoms with Crippen LogP contribution in [-0.2, 0) is 4.79 Å². The number of likely N-dealkylation sites (tertiary alicyclic amines) is 1. The third-order valence-corrected chi connectivity index (χ3v) is 5.20. The van der Waals surface area contributed by atoms with Gasteiger partial charge in [0, 0.05) is 12.1 Å². The highest BCUT2D eigenvalue weighted by Crippen LogP contribution is 2.25. The molecule has 0 radical (unpaired) electrons. The number of benzene rings is 1. The van der Waals surface area contributed by atoms with E-state index in [0.717, 1.165) is 19.3 Å². The Balaban J connectivity index is 1.69. The fraction of sp³-hybridized carbons (Fsp3) is 0.500. The van der Waals surface area contributed by atoms with E-state index >= 15 is 0 Å². The number of halogens is 1. The summed E-state index contributed by atoms with van der Waals surface area (Å²) < 4.78 is 14.8. The van der Waals surface area contributed by atoms with Crippen molar-refractivity contribution in [2.45, 2.75) is 50.4 Å². The number of piperidine rings is 1. The summed E-state index contributed by atoms with van der Waals surface area (Å²) in [7, 11) is 0. The van der Waals surface area contributed by atoms with Gasteiger partial charge < -0.3 is 4.90 Å². The van der Waals surface area contributed by atoms with Gasteiger partial charge in [-0.25, -0.2) is 4.39 Å². The Labute approximate surface area is 144 Å². The predicted molar refractivity (Wildman–Crippen MR) is 89.5 cm³/mol. The molecule has 1 amide bonds. The average molecular weight is 349 g/mol. The van der Waals surface area contributed by atoms with Crippen molar-refractivity contribution in [3.05, 3.63) is 30.1 Å². The summed E-state index contributed by atoms with van der Waals surface area (Å²) >= 11 is 1.27. The Hall–Kier alpha value is -1.96. The van der Waals surface area contributed by atoms with E-state index in [1.807, 2.05) is 4.90 Å². The lowest BCUT2D eigenvalue weighted by atomic mass is 9.98. The van der Waals surface area contributed by atoms with Gasteiger partial charge in [0.15, 0.2) is 0 Å². The Kier molecular flexibility index (Phi) is 5.13. The van der Waals surface area contributed by atoms with Crippen LogP contribution in [0.25, 0.3) is 5.69 Å². The highest BCUT2D eigenvalue weighted by Gasteiger charge is 2.29. The van der Waals surface area contributed by atoms with Crippen molar-refractivity contribution < 1.29 is 9.18 Å². The van der Waals surface area contributed by atoms with Crippen molar-refractivity contribution in [2.24, 2.45) is 0 Å². The lowest BCUT2D eigenvalue weighted by Gasteiger charge is -2.39. The molecule has 2 atom stereocenters. The molecule has 3 rings (SSSR count). The van der Waals surface area contributed by atoms with Crippen LogP contribution in [0, 0.1) is 5.82 Å². The third kappa shape index (κ3) is 3.58. The van der Waals surface area contributed by atoms with Crippen molar-refractivity contribution in [1.82, 2.24) is 25.1 Å². The maximum atomic E-state index is 13.4. The van der Waals surface area contributed by atoms with Gasteiger partial charge in [0.1, 0.15) is 5.82 Å². The fourth-order valence-electron chi connectivity index (χ4n) is 3.15. The number of thioether (sulfide) groups is 1. The monoisotopic (exact) mass is 349 g/mol. The summed E-state index contributed by atoms with van der Waals surface area (Å²) in [6.45, 7) is 4.18. The number of hydrogen-bond acceptors (Lipinski definition) is 5. The molecule has 0 unspecified atom stereocenters. The maximum Gasteiger partial charge on any atom is 0.233 e. The highest BCUT2D eigenvalue weighted by atomic mass is 32.2. The molecule has 2 aromatic rings. The van der Waals surface area contributed by atoms with Crippen LogP contribution in [0.2, 0.25) is 0 Å². The summed E-state index contributed by atoms with van der Waals surface area (Å²) in [5, 5.41) is 12.0. The maximum absolute atomic E-state index is 13.4. The zero-order chi connectivity index (χ0) is 17.1. The van der Waals surface area contributed by atoms with Crippen molar-refractivity contribution in [3.8, 4) is 5.69 Å². The Morgan fingerprint density at radius 2 is 2.08 bits per heavy atom. The van der Waals surface area contributed by atoms with Crippen LogP contribution in [0.4, 0.5) is 4.39 Å². The number of carbonyl (C=O) groups is 1. The quantitative estimate of drug-likeness (QED) is 0.794. The number of amides is 1. The standard InChI is InChI=1S/C16H20FN5OS/c1-11-5-3-6-12(2)21(11)15(23)10-24-16-18-19-20-22(16)14-8-4-7-13(17)9-14/h4,7-9,11-12H,3,5-6,10H2,1-2H3/t11-,12-/m0/s1. The molecular formula is C16H20FN5OS. The van der Waals surface area contributed by atoms with Crippen molar-refractivity contribution in [3.63, 3.8) is 0 Å². The average Bonchev–Trinajstić information content (AvgIpc) is 3.01. The van der Waals surface area contributed by atoms with Crippen LogP contribution < -0.4 is 0 Å². The Morgan fingerprint density at radius 3 is 2.79 bits per heavy atom. The van der Waals surface area contributed by atoms with Gasteiger partial charge in [0.2, 0.25) is 11.1 Å². The lowest BCUT2D eigenvalue weighted by molar-refractivity contribution is -0.134. The number of hydrogen-bond donors (Lipinski definition) is 0. The normalized spacial score (nSPS) is 21.0. The van der Waals surface area contributed by atoms with E-state index in [0.29, 0.717) is 10.8 Å². The molecule has 2 heterocycles. The van der Waals surface area contributed by atoms with Crippen molar-refractivity contribution >= 4 is 17.7 Å². The largest absolute Gasteiger partial charge is 0.337 e. The van der Waals surface area contributed by atoms with Crippen LogP contribution in [0.1, 0.15) is 33.1 Å². The number of tetrazole rings is 1. The van der Waals surface area contributed by atoms with Gasteiger partial charge in [-0.2, -0.15) is 4.68 Å². The fourth-order valence-corrected chi connectivity index (χ4v) is 3.91. The molecule has 0 spiro atoms. The summed E-state index contributed by atoms with van der Waals surface area (Å²) in [6, 6.07) is 6.57. The lowest BCUT2D eigenvalue weighted by Crippen LogP contribution is -2.48. The number of rotatable bonds is 4. The second-order valence-corrected chi connectivity index (χ2v) is 7.01. The molecule has 6 nitrogen and oxygen atoms in total. The second-order valence-electron chi connectivity index (χ2n) is 6.07. The summed E-state index contributed by atoms with van der Waals surface area (Å²) in [5.74, 6) is 0.00386. The van der Waals surface area contributed by atoms with Gasteiger partial charge in [-0.15, -0.1) is 5.10 Å². The first-order chi connectivity index (χ1) is 11.6. The minimum atomic E-state index is -0.356. The molecule has 1 aliphatic heterocycles. The summed E-state index contributed by atoms with van der Waals surface area (Å²) in [4.78, 5) is 14.5. The van der Waals surface area contributed by atoms with Crippen molar-refractivity contribution in [1.29, 1.82) is 0 Å². The minimum Gasteiger partial charge on any atom is -0.337 e. The SMILES string of the molecule is C[C@H]1CCC[C@H](C)N1C(=O)CSc1nnnn1-c1cccc(F)c1. The molecule has 128 valence electrons. The number of aromatic nitrogens is 4. The van der Waals surface area contributed by atoms with E-state index < -0.39 is 0 Å². The smallest absolute Gasteiger partial charge is 0.233 e. The molecule has 0 N–H and O–H groups in total. The van der Waals surface area contributed by atoms with E-state index in [4.69, 9.17) is 0 Å². The van der Waals surface area contributed by atoms with E-state index in [1.54, 1.807) is 12.1 Å². The van der Waals surface area contributed by atoms with Gasteiger partial charge in [-0.05, 0) is 61.7 Å². The zero-order valence-electron chi connectivity index (χ0n) is 13.7. The first-order valence-electron chi connectivity index (χ1n) is 8.04. The predicted octanol–water partition coefficient (Wildman–Crippen LogP) is 2.68. The molecule has 8 heteroatoms. The molecule has 0 saturated carbocycles. The number of nitrogens with zero attached hydrogens (tertiary/aromatic N) is 5. The third-order valence-electron chi connectivity index (χ3n) is 4.30. The molecule has 0 bridgehead atoms. The number of carbonyl (C=O) groups excluding carboxylic acids is 1. The first-order valence-corrected chi connectivity index (χ1v) is 9.03. The topological polar surface area (TPSA) is 63.9 Å². The minimum absolute atomic E-state index is 0.0912. The van der Waals surface area contributed by atoms with Crippen molar-refractivity contribution in [2.75, 3.05) is 5.75 Å². The van der Waals surface area contributed by atoms with Gasteiger partial charge in [-0.3, -0.25) is 4.79 Å². The summed E-state index contributed by atoms with van der Waals surface area (Å²) in [5.41, 5.74) is 0.537. The van der Waals surface area contributed by atoms with Gasteiger partial charge in [-0.1, -0.05) is 17.8 Å². The Morgan fingerprint density at radius 1 is 1.33 bits per heavy atom. The molecule has 1 saturated heterocycles. The van der Waals surface area contributed by atoms with E-state index in [1.165, 1.54) is 28.6 Å².